The van der Waals surface area contributed by atoms with Crippen molar-refractivity contribution < 1.29 is 13.9 Å². The van der Waals surface area contributed by atoms with E-state index in [1.54, 1.807) is 6.92 Å². The second kappa shape index (κ2) is 7.54. The number of hydrogen-bond donors (Lipinski definition) is 0. The summed E-state index contributed by atoms with van der Waals surface area (Å²) in [4.78, 5) is 11.1. The molecule has 0 aliphatic rings. The van der Waals surface area contributed by atoms with Crippen LogP contribution < -0.4 is 0 Å². The molecule has 0 N–H and O–H groups in total. The molecule has 0 rings (SSSR count). The molecule has 2 nitrogen and oxygen atoms in total. The Morgan fingerprint density at radius 3 is 2.00 bits per heavy atom. The highest BCUT2D eigenvalue weighted by Gasteiger charge is 2.14. The van der Waals surface area contributed by atoms with E-state index in [-0.39, 0.29) is 6.61 Å². The summed E-state index contributed by atoms with van der Waals surface area (Å²) in [5, 5.41) is 0. The van der Waals surface area contributed by atoms with Crippen LogP contribution in [-0.2, 0) is 9.53 Å². The van der Waals surface area contributed by atoms with Gasteiger partial charge >= 0.3 is 5.97 Å². The van der Waals surface area contributed by atoms with Gasteiger partial charge in [0.2, 0.25) is 5.83 Å². The molecule has 0 radical (unpaired) electrons. The van der Waals surface area contributed by atoms with Crippen LogP contribution in [-0.4, -0.2) is 12.6 Å². The quantitative estimate of drug-likeness (QED) is 0.487. The molecule has 0 bridgehead atoms. The minimum Gasteiger partial charge on any atom is -0.461 e. The lowest BCUT2D eigenvalue weighted by atomic mass is 10.0. The molecule has 0 aromatic carbocycles. The van der Waals surface area contributed by atoms with E-state index in [4.69, 9.17) is 0 Å². The van der Waals surface area contributed by atoms with Crippen molar-refractivity contribution in [2.24, 2.45) is 0 Å². The van der Waals surface area contributed by atoms with Gasteiger partial charge in [-0.15, -0.1) is 0 Å². The predicted octanol–water partition coefficient (Wildman–Crippen LogP) is 3.37. The summed E-state index contributed by atoms with van der Waals surface area (Å²) in [5.41, 5.74) is 0.591. The number of esters is 1. The molecule has 14 heavy (non-hydrogen) atoms. The maximum absolute atomic E-state index is 13.4. The standard InChI is InChI=1S/C11H19FO2/c1-4-7-9(8-5-2)10(12)11(13)14-6-3/h4-8H2,1-3H3. The van der Waals surface area contributed by atoms with Gasteiger partial charge in [0.15, 0.2) is 0 Å². The SMILES string of the molecule is CCCC(CCC)=C(F)C(=O)OCC. The molecule has 0 aromatic rings. The van der Waals surface area contributed by atoms with Crippen molar-refractivity contribution >= 4 is 5.97 Å². The average Bonchev–Trinajstić information content (AvgIpc) is 2.17. The number of carbonyl (C=O) groups is 1. The molecule has 0 spiro atoms. The third kappa shape index (κ3) is 4.40. The van der Waals surface area contributed by atoms with Crippen LogP contribution in [0.2, 0.25) is 0 Å². The van der Waals surface area contributed by atoms with Crippen LogP contribution in [0.15, 0.2) is 11.4 Å². The van der Waals surface area contributed by atoms with Crippen LogP contribution in [0.25, 0.3) is 0 Å². The van der Waals surface area contributed by atoms with Gasteiger partial charge in [0.1, 0.15) is 0 Å². The molecule has 0 saturated heterocycles. The van der Waals surface area contributed by atoms with Gasteiger partial charge in [-0.2, -0.15) is 4.39 Å². The molecule has 3 heteroatoms. The predicted molar refractivity (Wildman–Crippen MR) is 54.6 cm³/mol. The first-order valence-electron chi connectivity index (χ1n) is 5.21. The van der Waals surface area contributed by atoms with Crippen LogP contribution in [0.4, 0.5) is 4.39 Å². The van der Waals surface area contributed by atoms with Gasteiger partial charge in [0, 0.05) is 0 Å². The number of rotatable bonds is 6. The second-order valence-electron chi connectivity index (χ2n) is 3.14. The zero-order valence-electron chi connectivity index (χ0n) is 9.23. The van der Waals surface area contributed by atoms with Crippen molar-refractivity contribution in [2.45, 2.75) is 46.5 Å². The summed E-state index contributed by atoms with van der Waals surface area (Å²) >= 11 is 0. The number of allylic oxidation sites excluding steroid dienone is 1. The molecule has 0 saturated carbocycles. The van der Waals surface area contributed by atoms with E-state index < -0.39 is 11.8 Å². The Balaban J connectivity index is 4.51. The molecule has 0 amide bonds. The normalized spacial score (nSPS) is 9.71. The van der Waals surface area contributed by atoms with E-state index >= 15 is 0 Å². The summed E-state index contributed by atoms with van der Waals surface area (Å²) in [7, 11) is 0. The van der Waals surface area contributed by atoms with Crippen LogP contribution >= 0.6 is 0 Å². The molecule has 0 aliphatic carbocycles. The molecule has 0 aliphatic heterocycles. The third-order valence-corrected chi connectivity index (χ3v) is 1.87. The van der Waals surface area contributed by atoms with Crippen molar-refractivity contribution in [1.29, 1.82) is 0 Å². The van der Waals surface area contributed by atoms with E-state index in [2.05, 4.69) is 4.74 Å². The van der Waals surface area contributed by atoms with Gasteiger partial charge in [-0.3, -0.25) is 0 Å². The van der Waals surface area contributed by atoms with E-state index in [9.17, 15) is 9.18 Å². The van der Waals surface area contributed by atoms with Crippen molar-refractivity contribution in [2.75, 3.05) is 6.61 Å². The second-order valence-corrected chi connectivity index (χ2v) is 3.14. The highest BCUT2D eigenvalue weighted by Crippen LogP contribution is 2.19. The monoisotopic (exact) mass is 202 g/mol. The Bertz CT molecular complexity index is 201. The number of halogens is 1. The maximum Gasteiger partial charge on any atom is 0.367 e. The molecule has 0 unspecified atom stereocenters. The molecule has 0 atom stereocenters. The first-order chi connectivity index (χ1) is 6.67. The largest absolute Gasteiger partial charge is 0.461 e. The molecule has 0 aromatic heterocycles. The number of ether oxygens (including phenoxy) is 1. The van der Waals surface area contributed by atoms with E-state index in [1.807, 2.05) is 13.8 Å². The summed E-state index contributed by atoms with van der Waals surface area (Å²) in [6, 6.07) is 0. The Morgan fingerprint density at radius 1 is 1.14 bits per heavy atom. The van der Waals surface area contributed by atoms with Crippen LogP contribution in [0, 0.1) is 0 Å². The summed E-state index contributed by atoms with van der Waals surface area (Å²) in [6.07, 6.45) is 2.97. The van der Waals surface area contributed by atoms with E-state index in [1.165, 1.54) is 0 Å². The lowest BCUT2D eigenvalue weighted by Crippen LogP contribution is -2.07. The molecular weight excluding hydrogens is 183 g/mol. The van der Waals surface area contributed by atoms with Gasteiger partial charge < -0.3 is 4.74 Å². The first-order valence-corrected chi connectivity index (χ1v) is 5.21. The number of hydrogen-bond acceptors (Lipinski definition) is 2. The zero-order valence-corrected chi connectivity index (χ0v) is 9.23. The van der Waals surface area contributed by atoms with Gasteiger partial charge in [-0.25, -0.2) is 4.79 Å². The highest BCUT2D eigenvalue weighted by atomic mass is 19.1. The van der Waals surface area contributed by atoms with E-state index in [0.29, 0.717) is 18.4 Å². The van der Waals surface area contributed by atoms with Crippen LogP contribution in [0.1, 0.15) is 46.5 Å². The Labute approximate surface area is 85.1 Å². The summed E-state index contributed by atoms with van der Waals surface area (Å²) in [6.45, 7) is 5.82. The lowest BCUT2D eigenvalue weighted by Gasteiger charge is -2.06. The smallest absolute Gasteiger partial charge is 0.367 e. The maximum atomic E-state index is 13.4. The molecule has 82 valence electrons. The summed E-state index contributed by atoms with van der Waals surface area (Å²) < 4.78 is 18.0. The van der Waals surface area contributed by atoms with Crippen LogP contribution in [0.5, 0.6) is 0 Å². The lowest BCUT2D eigenvalue weighted by molar-refractivity contribution is -0.140. The fourth-order valence-electron chi connectivity index (χ4n) is 1.29. The Hall–Kier alpha value is -0.860. The topological polar surface area (TPSA) is 26.3 Å². The first kappa shape index (κ1) is 13.1. The molecule has 0 heterocycles. The Morgan fingerprint density at radius 2 is 1.64 bits per heavy atom. The zero-order chi connectivity index (χ0) is 11.0. The fraction of sp³-hybridized carbons (Fsp3) is 0.727. The van der Waals surface area contributed by atoms with Crippen molar-refractivity contribution in [3.8, 4) is 0 Å². The summed E-state index contributed by atoms with van der Waals surface area (Å²) in [5.74, 6) is -1.50. The average molecular weight is 202 g/mol. The highest BCUT2D eigenvalue weighted by molar-refractivity contribution is 5.86. The van der Waals surface area contributed by atoms with E-state index in [0.717, 1.165) is 12.8 Å². The van der Waals surface area contributed by atoms with Crippen molar-refractivity contribution in [3.63, 3.8) is 0 Å². The molecule has 0 fully saturated rings. The van der Waals surface area contributed by atoms with Gasteiger partial charge in [0.25, 0.3) is 0 Å². The van der Waals surface area contributed by atoms with Crippen LogP contribution in [0.3, 0.4) is 0 Å². The van der Waals surface area contributed by atoms with Gasteiger partial charge in [-0.1, -0.05) is 26.7 Å². The van der Waals surface area contributed by atoms with Gasteiger partial charge in [0.05, 0.1) is 6.61 Å². The Kier molecular flexibility index (Phi) is 7.07. The minimum absolute atomic E-state index is 0.220. The van der Waals surface area contributed by atoms with Crippen molar-refractivity contribution in [3.05, 3.63) is 11.4 Å². The number of carbonyl (C=O) groups excluding carboxylic acids is 1. The minimum atomic E-state index is -0.815. The molecular formula is C11H19FO2. The van der Waals surface area contributed by atoms with Gasteiger partial charge in [-0.05, 0) is 25.3 Å². The fourth-order valence-corrected chi connectivity index (χ4v) is 1.29. The van der Waals surface area contributed by atoms with Crippen molar-refractivity contribution in [1.82, 2.24) is 0 Å². The third-order valence-electron chi connectivity index (χ3n) is 1.87.